The Hall–Kier alpha value is -2.24. The van der Waals surface area contributed by atoms with Crippen molar-refractivity contribution < 1.29 is 14.7 Å². The summed E-state index contributed by atoms with van der Waals surface area (Å²) in [5.74, 6) is -1.04. The minimum atomic E-state index is -1.04. The average Bonchev–Trinajstić information content (AvgIpc) is 2.94. The fourth-order valence-corrected chi connectivity index (χ4v) is 2.68. The lowest BCUT2D eigenvalue weighted by Crippen LogP contribution is -2.44. The zero-order chi connectivity index (χ0) is 15.4. The van der Waals surface area contributed by atoms with E-state index >= 15 is 0 Å². The largest absolute Gasteiger partial charge is 0.478 e. The van der Waals surface area contributed by atoms with Crippen LogP contribution in [0, 0.1) is 0 Å². The second-order valence-electron chi connectivity index (χ2n) is 5.25. The van der Waals surface area contributed by atoms with Crippen molar-refractivity contribution in [2.75, 3.05) is 17.2 Å². The van der Waals surface area contributed by atoms with Crippen molar-refractivity contribution in [3.05, 3.63) is 23.8 Å². The van der Waals surface area contributed by atoms with Crippen LogP contribution in [0.2, 0.25) is 0 Å². The highest BCUT2D eigenvalue weighted by Gasteiger charge is 2.22. The van der Waals surface area contributed by atoms with Gasteiger partial charge in [-0.15, -0.1) is 0 Å². The minimum absolute atomic E-state index is 0.114. The number of carboxylic acids is 1. The summed E-state index contributed by atoms with van der Waals surface area (Å²) in [6, 6.07) is 4.46. The molecule has 6 heteroatoms. The Labute approximate surface area is 123 Å². The molecule has 0 spiro atoms. The van der Waals surface area contributed by atoms with Crippen molar-refractivity contribution in [2.24, 2.45) is 0 Å². The molecule has 1 fully saturated rings. The fraction of sp³-hybridized carbons (Fsp3) is 0.467. The summed E-state index contributed by atoms with van der Waals surface area (Å²) in [6.45, 7) is 2.33. The molecule has 1 saturated carbocycles. The van der Waals surface area contributed by atoms with Crippen LogP contribution in [0.4, 0.5) is 16.2 Å². The number of nitrogens with one attached hydrogen (secondary N) is 1. The molecule has 6 nitrogen and oxygen atoms in total. The van der Waals surface area contributed by atoms with Gasteiger partial charge in [0.1, 0.15) is 0 Å². The van der Waals surface area contributed by atoms with E-state index in [9.17, 15) is 9.59 Å². The Kier molecular flexibility index (Phi) is 4.67. The molecule has 0 saturated heterocycles. The molecule has 0 bridgehead atoms. The molecule has 1 aliphatic rings. The topological polar surface area (TPSA) is 95.7 Å². The molecule has 0 aliphatic heterocycles. The van der Waals surface area contributed by atoms with Crippen LogP contribution in [0.25, 0.3) is 0 Å². The number of carboxylic acid groups (broad SMARTS) is 1. The molecule has 21 heavy (non-hydrogen) atoms. The Balaban J connectivity index is 2.16. The van der Waals surface area contributed by atoms with E-state index in [0.717, 1.165) is 25.7 Å². The van der Waals surface area contributed by atoms with Crippen molar-refractivity contribution in [1.82, 2.24) is 5.32 Å². The summed E-state index contributed by atoms with van der Waals surface area (Å²) in [5.41, 5.74) is 6.84. The van der Waals surface area contributed by atoms with E-state index < -0.39 is 5.97 Å². The normalized spacial score (nSPS) is 14.9. The molecule has 0 atom stereocenters. The smallest absolute Gasteiger partial charge is 0.335 e. The molecule has 2 rings (SSSR count). The first kappa shape index (κ1) is 15.2. The number of nitrogens with zero attached hydrogens (tertiary/aromatic N) is 1. The van der Waals surface area contributed by atoms with Crippen LogP contribution < -0.4 is 16.0 Å². The van der Waals surface area contributed by atoms with E-state index in [4.69, 9.17) is 10.8 Å². The molecule has 4 N–H and O–H groups in total. The van der Waals surface area contributed by atoms with Crippen molar-refractivity contribution >= 4 is 23.4 Å². The van der Waals surface area contributed by atoms with Crippen LogP contribution in [0.1, 0.15) is 43.0 Å². The first-order chi connectivity index (χ1) is 10.0. The average molecular weight is 291 g/mol. The van der Waals surface area contributed by atoms with E-state index in [1.165, 1.54) is 12.1 Å². The summed E-state index contributed by atoms with van der Waals surface area (Å²) in [6.07, 6.45) is 4.31. The molecule has 0 unspecified atom stereocenters. The van der Waals surface area contributed by atoms with Crippen molar-refractivity contribution in [3.8, 4) is 0 Å². The first-order valence-electron chi connectivity index (χ1n) is 7.23. The number of nitrogen functional groups attached to an aromatic ring is 1. The zero-order valence-electron chi connectivity index (χ0n) is 12.1. The second-order valence-corrected chi connectivity index (χ2v) is 5.25. The van der Waals surface area contributed by atoms with Gasteiger partial charge in [0.05, 0.1) is 16.9 Å². The lowest BCUT2D eigenvalue weighted by atomic mass is 10.1. The van der Waals surface area contributed by atoms with E-state index in [1.807, 2.05) is 6.92 Å². The summed E-state index contributed by atoms with van der Waals surface area (Å²) in [5, 5.41) is 12.0. The highest BCUT2D eigenvalue weighted by atomic mass is 16.4. The molecule has 2 amide bonds. The third-order valence-electron chi connectivity index (χ3n) is 3.81. The maximum absolute atomic E-state index is 12.3. The lowest BCUT2D eigenvalue weighted by molar-refractivity contribution is 0.0697. The molecule has 0 radical (unpaired) electrons. The number of carbonyl (C=O) groups is 2. The number of urea groups is 1. The van der Waals surface area contributed by atoms with Crippen molar-refractivity contribution in [1.29, 1.82) is 0 Å². The Morgan fingerprint density at radius 1 is 1.38 bits per heavy atom. The van der Waals surface area contributed by atoms with E-state index in [2.05, 4.69) is 5.32 Å². The molecular formula is C15H21N3O3. The molecule has 1 aromatic carbocycles. The third-order valence-corrected chi connectivity index (χ3v) is 3.81. The Bertz CT molecular complexity index is 539. The summed E-state index contributed by atoms with van der Waals surface area (Å²) >= 11 is 0. The predicted octanol–water partition coefficient (Wildman–Crippen LogP) is 2.45. The zero-order valence-corrected chi connectivity index (χ0v) is 12.1. The number of nitrogens with two attached hydrogens (primary N) is 1. The number of rotatable bonds is 4. The highest BCUT2D eigenvalue weighted by Crippen LogP contribution is 2.25. The van der Waals surface area contributed by atoms with Crippen LogP contribution in [-0.4, -0.2) is 29.7 Å². The van der Waals surface area contributed by atoms with Crippen LogP contribution in [0.5, 0.6) is 0 Å². The van der Waals surface area contributed by atoms with Crippen molar-refractivity contribution in [2.45, 2.75) is 38.6 Å². The van der Waals surface area contributed by atoms with Gasteiger partial charge in [-0.3, -0.25) is 4.90 Å². The van der Waals surface area contributed by atoms with Crippen LogP contribution in [0.3, 0.4) is 0 Å². The van der Waals surface area contributed by atoms with Gasteiger partial charge in [-0.05, 0) is 38.0 Å². The van der Waals surface area contributed by atoms with E-state index in [-0.39, 0.29) is 17.6 Å². The monoisotopic (exact) mass is 291 g/mol. The van der Waals surface area contributed by atoms with Gasteiger partial charge in [0, 0.05) is 12.6 Å². The van der Waals surface area contributed by atoms with Gasteiger partial charge >= 0.3 is 12.0 Å². The summed E-state index contributed by atoms with van der Waals surface area (Å²) in [4.78, 5) is 24.8. The molecule has 0 heterocycles. The maximum Gasteiger partial charge on any atom is 0.335 e. The SMILES string of the molecule is CCN(C(=O)NC1CCCC1)c1ccc(C(=O)O)cc1N. The minimum Gasteiger partial charge on any atom is -0.478 e. The predicted molar refractivity (Wildman–Crippen MR) is 81.6 cm³/mol. The highest BCUT2D eigenvalue weighted by molar-refractivity contribution is 5.97. The van der Waals surface area contributed by atoms with Crippen molar-refractivity contribution in [3.63, 3.8) is 0 Å². The molecule has 1 aromatic rings. The summed E-state index contributed by atoms with van der Waals surface area (Å²) in [7, 11) is 0. The fourth-order valence-electron chi connectivity index (χ4n) is 2.68. The van der Waals surface area contributed by atoms with Gasteiger partial charge in [-0.25, -0.2) is 9.59 Å². The molecule has 1 aliphatic carbocycles. The number of aromatic carboxylic acids is 1. The Morgan fingerprint density at radius 2 is 2.05 bits per heavy atom. The summed E-state index contributed by atoms with van der Waals surface area (Å²) < 4.78 is 0. The number of amides is 2. The second kappa shape index (κ2) is 6.47. The maximum atomic E-state index is 12.3. The quantitative estimate of drug-likeness (QED) is 0.742. The van der Waals surface area contributed by atoms with Gasteiger partial charge in [0.2, 0.25) is 0 Å². The van der Waals surface area contributed by atoms with Crippen LogP contribution >= 0.6 is 0 Å². The van der Waals surface area contributed by atoms with Crippen LogP contribution in [-0.2, 0) is 0 Å². The van der Waals surface area contributed by atoms with Gasteiger partial charge in [0.25, 0.3) is 0 Å². The number of carbonyl (C=O) groups excluding carboxylic acids is 1. The molecule has 0 aromatic heterocycles. The van der Waals surface area contributed by atoms with E-state index in [0.29, 0.717) is 17.9 Å². The number of anilines is 2. The number of hydrogen-bond acceptors (Lipinski definition) is 3. The molecule has 114 valence electrons. The Morgan fingerprint density at radius 3 is 2.57 bits per heavy atom. The number of hydrogen-bond donors (Lipinski definition) is 3. The first-order valence-corrected chi connectivity index (χ1v) is 7.23. The van der Waals surface area contributed by atoms with Gasteiger partial charge in [-0.1, -0.05) is 12.8 Å². The third kappa shape index (κ3) is 3.45. The van der Waals surface area contributed by atoms with Gasteiger partial charge in [-0.2, -0.15) is 0 Å². The van der Waals surface area contributed by atoms with Gasteiger partial charge in [0.15, 0.2) is 0 Å². The van der Waals surface area contributed by atoms with E-state index in [1.54, 1.807) is 11.0 Å². The standard InChI is InChI=1S/C15H21N3O3/c1-2-18(15(21)17-11-5-3-4-6-11)13-8-7-10(14(19)20)9-12(13)16/h7-9,11H,2-6,16H2,1H3,(H,17,21)(H,19,20). The van der Waals surface area contributed by atoms with Crippen LogP contribution in [0.15, 0.2) is 18.2 Å². The lowest BCUT2D eigenvalue weighted by Gasteiger charge is -2.25. The van der Waals surface area contributed by atoms with Gasteiger partial charge < -0.3 is 16.2 Å². The number of benzene rings is 1. The molecular weight excluding hydrogens is 270 g/mol.